The zero-order chi connectivity index (χ0) is 22.1. The molecule has 0 N–H and O–H groups in total. The molecule has 0 aliphatic carbocycles. The fourth-order valence-electron chi connectivity index (χ4n) is 2.90. The summed E-state index contributed by atoms with van der Waals surface area (Å²) >= 11 is 0. The van der Waals surface area contributed by atoms with Crippen molar-refractivity contribution in [2.45, 2.75) is 36.1 Å². The van der Waals surface area contributed by atoms with Crippen LogP contribution in [0.3, 0.4) is 0 Å². The van der Waals surface area contributed by atoms with Gasteiger partial charge in [-0.2, -0.15) is 0 Å². The largest absolute Gasteiger partial charge is 0.497 e. The molecule has 0 fully saturated rings. The smallest absolute Gasteiger partial charge is 0.297 e. The van der Waals surface area contributed by atoms with Crippen LogP contribution in [-0.2, 0) is 15.3 Å². The van der Waals surface area contributed by atoms with Crippen LogP contribution in [0.1, 0.15) is 26.3 Å². The SMILES string of the molecule is [C-]#[N+]c1c(S(=O)(=O)c2ccc(C(C)(C)C)cc2)nnn1-c1cc(OC)ccc1OC. The number of ether oxygens (including phenoxy) is 2. The maximum absolute atomic E-state index is 13.2. The predicted octanol–water partition coefficient (Wildman–Crippen LogP) is 3.97. The summed E-state index contributed by atoms with van der Waals surface area (Å²) in [7, 11) is -1.08. The Kier molecular flexibility index (Phi) is 5.55. The van der Waals surface area contributed by atoms with Crippen LogP contribution in [0.5, 0.6) is 11.5 Å². The van der Waals surface area contributed by atoms with Gasteiger partial charge in [0.2, 0.25) is 14.9 Å². The second-order valence-corrected chi connectivity index (χ2v) is 9.42. The Hall–Kier alpha value is -3.38. The Bertz CT molecular complexity index is 1220. The molecular weight excluding hydrogens is 404 g/mol. The molecular formula is C21H22N4O4S. The molecule has 3 rings (SSSR count). The topological polar surface area (TPSA) is 87.7 Å². The molecule has 3 aromatic rings. The van der Waals surface area contributed by atoms with Gasteiger partial charge in [-0.05, 0) is 35.2 Å². The predicted molar refractivity (Wildman–Crippen MR) is 111 cm³/mol. The molecule has 156 valence electrons. The molecule has 0 saturated carbocycles. The molecule has 2 aromatic carbocycles. The lowest BCUT2D eigenvalue weighted by Crippen LogP contribution is -2.11. The molecule has 0 atom stereocenters. The molecule has 0 amide bonds. The quantitative estimate of drug-likeness (QED) is 0.574. The second kappa shape index (κ2) is 7.80. The lowest BCUT2D eigenvalue weighted by Gasteiger charge is -2.19. The molecule has 8 nitrogen and oxygen atoms in total. The van der Waals surface area contributed by atoms with Crippen molar-refractivity contribution in [2.24, 2.45) is 0 Å². The van der Waals surface area contributed by atoms with E-state index in [-0.39, 0.29) is 16.1 Å². The lowest BCUT2D eigenvalue weighted by atomic mass is 9.87. The van der Waals surface area contributed by atoms with Crippen LogP contribution in [0.2, 0.25) is 0 Å². The van der Waals surface area contributed by atoms with E-state index in [2.05, 4.69) is 15.2 Å². The molecule has 0 aliphatic heterocycles. The Morgan fingerprint density at radius 3 is 2.23 bits per heavy atom. The van der Waals surface area contributed by atoms with E-state index in [1.54, 1.807) is 30.3 Å². The summed E-state index contributed by atoms with van der Waals surface area (Å²) in [5.74, 6) is 0.657. The van der Waals surface area contributed by atoms with Crippen LogP contribution in [0, 0.1) is 6.57 Å². The first kappa shape index (κ1) is 21.3. The minimum atomic E-state index is -4.05. The van der Waals surface area contributed by atoms with E-state index < -0.39 is 14.9 Å². The van der Waals surface area contributed by atoms with Gasteiger partial charge < -0.3 is 14.3 Å². The van der Waals surface area contributed by atoms with Gasteiger partial charge >= 0.3 is 0 Å². The summed E-state index contributed by atoms with van der Waals surface area (Å²) < 4.78 is 38.1. The van der Waals surface area contributed by atoms with Crippen molar-refractivity contribution < 1.29 is 17.9 Å². The zero-order valence-corrected chi connectivity index (χ0v) is 18.2. The number of nitrogens with zero attached hydrogens (tertiary/aromatic N) is 4. The molecule has 0 unspecified atom stereocenters. The van der Waals surface area contributed by atoms with Crippen LogP contribution in [0.25, 0.3) is 10.5 Å². The van der Waals surface area contributed by atoms with E-state index in [9.17, 15) is 8.42 Å². The standard InChI is InChI=1S/C21H22N4O4S/c1-21(2,3)14-7-10-16(11-8-14)30(26,27)20-19(22-4)25(24-23-20)17-13-15(28-5)9-12-18(17)29-6/h7-13H,1-3,5-6H3. The molecule has 9 heteroatoms. The minimum absolute atomic E-state index is 0.0463. The Labute approximate surface area is 175 Å². The monoisotopic (exact) mass is 426 g/mol. The van der Waals surface area contributed by atoms with Gasteiger partial charge in [0.05, 0.1) is 19.1 Å². The van der Waals surface area contributed by atoms with Crippen molar-refractivity contribution in [3.05, 3.63) is 59.4 Å². The Morgan fingerprint density at radius 1 is 1.03 bits per heavy atom. The van der Waals surface area contributed by atoms with Crippen molar-refractivity contribution >= 4 is 15.7 Å². The van der Waals surface area contributed by atoms with Gasteiger partial charge in [0.15, 0.2) is 11.4 Å². The van der Waals surface area contributed by atoms with Crippen molar-refractivity contribution in [1.82, 2.24) is 15.0 Å². The normalized spacial score (nSPS) is 11.7. The maximum atomic E-state index is 13.2. The lowest BCUT2D eigenvalue weighted by molar-refractivity contribution is 0.400. The number of sulfone groups is 1. The first-order chi connectivity index (χ1) is 14.1. The fourth-order valence-corrected chi connectivity index (χ4v) is 4.14. The molecule has 0 spiro atoms. The van der Waals surface area contributed by atoms with Gasteiger partial charge in [-0.15, -0.1) is 9.78 Å². The average molecular weight is 426 g/mol. The first-order valence-electron chi connectivity index (χ1n) is 9.04. The van der Waals surface area contributed by atoms with Crippen LogP contribution in [0.4, 0.5) is 5.82 Å². The number of rotatable bonds is 5. The second-order valence-electron chi connectivity index (χ2n) is 7.56. The van der Waals surface area contributed by atoms with Crippen molar-refractivity contribution in [3.63, 3.8) is 0 Å². The van der Waals surface area contributed by atoms with Crippen LogP contribution < -0.4 is 9.47 Å². The number of hydrogen-bond donors (Lipinski definition) is 0. The van der Waals surface area contributed by atoms with Crippen molar-refractivity contribution in [3.8, 4) is 17.2 Å². The van der Waals surface area contributed by atoms with E-state index >= 15 is 0 Å². The minimum Gasteiger partial charge on any atom is -0.497 e. The molecule has 30 heavy (non-hydrogen) atoms. The maximum Gasteiger partial charge on any atom is 0.297 e. The first-order valence-corrected chi connectivity index (χ1v) is 10.5. The molecule has 0 bridgehead atoms. The van der Waals surface area contributed by atoms with Gasteiger partial charge in [-0.1, -0.05) is 39.5 Å². The van der Waals surface area contributed by atoms with Crippen molar-refractivity contribution in [2.75, 3.05) is 14.2 Å². The summed E-state index contributed by atoms with van der Waals surface area (Å²) in [5, 5.41) is 7.35. The number of methoxy groups -OCH3 is 2. The zero-order valence-electron chi connectivity index (χ0n) is 17.4. The summed E-state index contributed by atoms with van der Waals surface area (Å²) in [4.78, 5) is 3.45. The molecule has 1 heterocycles. The van der Waals surface area contributed by atoms with E-state index in [0.717, 1.165) is 10.2 Å². The highest BCUT2D eigenvalue weighted by molar-refractivity contribution is 7.91. The van der Waals surface area contributed by atoms with E-state index in [1.807, 2.05) is 20.8 Å². The average Bonchev–Trinajstić information content (AvgIpc) is 3.17. The number of benzene rings is 2. The summed E-state index contributed by atoms with van der Waals surface area (Å²) in [5.41, 5.74) is 1.23. The third-order valence-electron chi connectivity index (χ3n) is 4.62. The van der Waals surface area contributed by atoms with E-state index in [4.69, 9.17) is 16.0 Å². The van der Waals surface area contributed by atoms with E-state index in [0.29, 0.717) is 17.2 Å². The van der Waals surface area contributed by atoms with Crippen molar-refractivity contribution in [1.29, 1.82) is 0 Å². The van der Waals surface area contributed by atoms with Gasteiger partial charge in [-0.25, -0.2) is 8.42 Å². The Balaban J connectivity index is 2.14. The fraction of sp³-hybridized carbons (Fsp3) is 0.286. The molecule has 0 aliphatic rings. The number of hydrogen-bond acceptors (Lipinski definition) is 6. The third-order valence-corrected chi connectivity index (χ3v) is 6.29. The highest BCUT2D eigenvalue weighted by Gasteiger charge is 2.30. The van der Waals surface area contributed by atoms with Gasteiger partial charge in [0.1, 0.15) is 5.75 Å². The van der Waals surface area contributed by atoms with Crippen LogP contribution >= 0.6 is 0 Å². The van der Waals surface area contributed by atoms with E-state index in [1.165, 1.54) is 26.4 Å². The molecule has 1 aromatic heterocycles. The molecule has 0 saturated heterocycles. The number of aromatic nitrogens is 3. The molecule has 0 radical (unpaired) electrons. The highest BCUT2D eigenvalue weighted by Crippen LogP contribution is 2.35. The summed E-state index contributed by atoms with van der Waals surface area (Å²) in [6.45, 7) is 13.7. The third kappa shape index (κ3) is 3.74. The van der Waals surface area contributed by atoms with Gasteiger partial charge in [0.25, 0.3) is 5.82 Å². The summed E-state index contributed by atoms with van der Waals surface area (Å²) in [6, 6.07) is 11.5. The highest BCUT2D eigenvalue weighted by atomic mass is 32.2. The van der Waals surface area contributed by atoms with Crippen LogP contribution in [-0.4, -0.2) is 37.6 Å². The van der Waals surface area contributed by atoms with Gasteiger partial charge in [-0.3, -0.25) is 0 Å². The van der Waals surface area contributed by atoms with Gasteiger partial charge in [0, 0.05) is 11.3 Å². The van der Waals surface area contributed by atoms with Crippen LogP contribution in [0.15, 0.2) is 52.4 Å². The Morgan fingerprint density at radius 2 is 1.70 bits per heavy atom. The summed E-state index contributed by atoms with van der Waals surface area (Å²) in [6.07, 6.45) is 0.